The summed E-state index contributed by atoms with van der Waals surface area (Å²) in [5.74, 6) is 1.11. The maximum absolute atomic E-state index is 12.6. The summed E-state index contributed by atoms with van der Waals surface area (Å²) in [7, 11) is 4.02. The van der Waals surface area contributed by atoms with Gasteiger partial charge in [0.15, 0.2) is 11.0 Å². The van der Waals surface area contributed by atoms with Crippen molar-refractivity contribution in [2.75, 3.05) is 37.8 Å². The number of hydrogen-bond acceptors (Lipinski definition) is 6. The van der Waals surface area contributed by atoms with Gasteiger partial charge in [-0.25, -0.2) is 0 Å². The highest BCUT2D eigenvalue weighted by Crippen LogP contribution is 2.25. The van der Waals surface area contributed by atoms with Gasteiger partial charge in [0, 0.05) is 37.0 Å². The number of thioether (sulfide) groups is 1. The number of amides is 1. The summed E-state index contributed by atoms with van der Waals surface area (Å²) < 4.78 is 2.04. The average Bonchev–Trinajstić information content (AvgIpc) is 3.25. The van der Waals surface area contributed by atoms with Crippen molar-refractivity contribution in [3.63, 3.8) is 0 Å². The molecule has 0 spiro atoms. The van der Waals surface area contributed by atoms with Gasteiger partial charge in [0.1, 0.15) is 0 Å². The van der Waals surface area contributed by atoms with Crippen LogP contribution in [0.4, 0.5) is 5.69 Å². The minimum atomic E-state index is -0.0371. The van der Waals surface area contributed by atoms with Gasteiger partial charge in [-0.15, -0.1) is 10.2 Å². The third kappa shape index (κ3) is 6.52. The predicted octanol–water partition coefficient (Wildman–Crippen LogP) is 4.38. The van der Waals surface area contributed by atoms with Gasteiger partial charge in [-0.3, -0.25) is 14.3 Å². The number of anilines is 1. The van der Waals surface area contributed by atoms with Crippen LogP contribution in [0.3, 0.4) is 0 Å². The second kappa shape index (κ2) is 11.7. The number of aromatic nitrogens is 3. The summed E-state index contributed by atoms with van der Waals surface area (Å²) in [6.07, 6.45) is 3.72. The van der Waals surface area contributed by atoms with Crippen molar-refractivity contribution in [3.05, 3.63) is 64.9 Å². The van der Waals surface area contributed by atoms with Crippen molar-refractivity contribution in [3.8, 4) is 5.69 Å². The first-order valence-corrected chi connectivity index (χ1v) is 12.9. The molecular formula is C25H31ClN6OS. The Morgan fingerprint density at radius 1 is 1.03 bits per heavy atom. The fourth-order valence-electron chi connectivity index (χ4n) is 3.96. The Kier molecular flexibility index (Phi) is 8.48. The summed E-state index contributed by atoms with van der Waals surface area (Å²) in [5.41, 5.74) is 3.15. The van der Waals surface area contributed by atoms with Gasteiger partial charge < -0.3 is 10.2 Å². The zero-order chi connectivity index (χ0) is 23.9. The van der Waals surface area contributed by atoms with Crippen molar-refractivity contribution >= 4 is 35.0 Å². The lowest BCUT2D eigenvalue weighted by atomic mass is 10.1. The van der Waals surface area contributed by atoms with E-state index in [0.717, 1.165) is 42.4 Å². The minimum absolute atomic E-state index is 0.0371. The molecule has 1 N–H and O–H groups in total. The van der Waals surface area contributed by atoms with E-state index in [1.165, 1.54) is 31.0 Å². The molecule has 0 saturated carbocycles. The number of hydrogen-bond donors (Lipinski definition) is 1. The summed E-state index contributed by atoms with van der Waals surface area (Å²) in [4.78, 5) is 17.0. The van der Waals surface area contributed by atoms with Gasteiger partial charge in [-0.05, 0) is 67.9 Å². The van der Waals surface area contributed by atoms with Crippen LogP contribution in [0.15, 0.2) is 53.7 Å². The molecule has 1 aliphatic heterocycles. The van der Waals surface area contributed by atoms with Crippen LogP contribution in [-0.2, 0) is 17.9 Å². The summed E-state index contributed by atoms with van der Waals surface area (Å²) in [5, 5.41) is 13.3. The minimum Gasteiger partial charge on any atom is -0.378 e. The van der Waals surface area contributed by atoms with E-state index < -0.39 is 0 Å². The normalized spacial score (nSPS) is 14.2. The van der Waals surface area contributed by atoms with Gasteiger partial charge in [-0.2, -0.15) is 0 Å². The third-order valence-electron chi connectivity index (χ3n) is 5.87. The molecule has 9 heteroatoms. The monoisotopic (exact) mass is 498 g/mol. The average molecular weight is 499 g/mol. The first kappa shape index (κ1) is 24.6. The van der Waals surface area contributed by atoms with E-state index in [1.54, 1.807) is 0 Å². The molecule has 4 rings (SSSR count). The molecule has 0 aliphatic carbocycles. The van der Waals surface area contributed by atoms with Gasteiger partial charge in [0.05, 0.1) is 12.3 Å². The zero-order valence-corrected chi connectivity index (χ0v) is 21.3. The number of carbonyl (C=O) groups excluding carboxylic acids is 1. The Bertz CT molecular complexity index is 1080. The molecule has 1 aromatic heterocycles. The standard InChI is InChI=1S/C25H31ClN6OS/c1-30(2)21-10-6-19(7-11-21)16-27-24(33)18-34-25-29-28-23(17-31-14-4-3-5-15-31)32(25)22-12-8-20(26)9-13-22/h6-13H,3-5,14-18H2,1-2H3,(H,27,33). The molecule has 7 nitrogen and oxygen atoms in total. The SMILES string of the molecule is CN(C)c1ccc(CNC(=O)CSc2nnc(CN3CCCCC3)n2-c2ccc(Cl)cc2)cc1. The Morgan fingerprint density at radius 2 is 1.74 bits per heavy atom. The third-order valence-corrected chi connectivity index (χ3v) is 7.05. The molecular weight excluding hydrogens is 468 g/mol. The van der Waals surface area contributed by atoms with Crippen molar-refractivity contribution in [2.24, 2.45) is 0 Å². The highest BCUT2D eigenvalue weighted by atomic mass is 35.5. The number of piperidine rings is 1. The molecule has 1 saturated heterocycles. The largest absolute Gasteiger partial charge is 0.378 e. The fraction of sp³-hybridized carbons (Fsp3) is 0.400. The van der Waals surface area contributed by atoms with E-state index in [4.69, 9.17) is 11.6 Å². The number of halogens is 1. The van der Waals surface area contributed by atoms with Gasteiger partial charge in [-0.1, -0.05) is 41.9 Å². The molecule has 1 aliphatic rings. The molecule has 1 amide bonds. The van der Waals surface area contributed by atoms with Crippen LogP contribution < -0.4 is 10.2 Å². The Morgan fingerprint density at radius 3 is 2.41 bits per heavy atom. The van der Waals surface area contributed by atoms with Crippen LogP contribution in [0.1, 0.15) is 30.7 Å². The molecule has 0 bridgehead atoms. The van der Waals surface area contributed by atoms with Crippen LogP contribution in [0.25, 0.3) is 5.69 Å². The van der Waals surface area contributed by atoms with Crippen molar-refractivity contribution in [1.29, 1.82) is 0 Å². The number of carbonyl (C=O) groups is 1. The first-order valence-electron chi connectivity index (χ1n) is 11.6. The number of benzene rings is 2. The quantitative estimate of drug-likeness (QED) is 0.441. The van der Waals surface area contributed by atoms with Crippen molar-refractivity contribution in [1.82, 2.24) is 25.0 Å². The second-order valence-electron chi connectivity index (χ2n) is 8.67. The molecule has 1 fully saturated rings. The topological polar surface area (TPSA) is 66.3 Å². The van der Waals surface area contributed by atoms with E-state index >= 15 is 0 Å². The molecule has 0 radical (unpaired) electrons. The Labute approximate surface area is 210 Å². The molecule has 0 atom stereocenters. The van der Waals surface area contributed by atoms with Crippen molar-refractivity contribution < 1.29 is 4.79 Å². The van der Waals surface area contributed by atoms with Crippen LogP contribution in [-0.4, -0.2) is 58.5 Å². The van der Waals surface area contributed by atoms with E-state index in [2.05, 4.69) is 37.4 Å². The first-order chi connectivity index (χ1) is 16.5. The van der Waals surface area contributed by atoms with Gasteiger partial charge >= 0.3 is 0 Å². The summed E-state index contributed by atoms with van der Waals surface area (Å²) in [6.45, 7) is 3.39. The lowest BCUT2D eigenvalue weighted by Crippen LogP contribution is -2.30. The lowest BCUT2D eigenvalue weighted by molar-refractivity contribution is -0.118. The van der Waals surface area contributed by atoms with Gasteiger partial charge in [0.2, 0.25) is 5.91 Å². The number of likely N-dealkylation sites (tertiary alicyclic amines) is 1. The van der Waals surface area contributed by atoms with Crippen LogP contribution in [0.5, 0.6) is 0 Å². The molecule has 2 aromatic carbocycles. The van der Waals surface area contributed by atoms with E-state index in [1.807, 2.05) is 55.1 Å². The number of rotatable bonds is 9. The molecule has 0 unspecified atom stereocenters. The van der Waals surface area contributed by atoms with Gasteiger partial charge in [0.25, 0.3) is 0 Å². The molecule has 3 aromatic rings. The summed E-state index contributed by atoms with van der Waals surface area (Å²) >= 11 is 7.51. The van der Waals surface area contributed by atoms with Crippen LogP contribution in [0, 0.1) is 0 Å². The maximum Gasteiger partial charge on any atom is 0.230 e. The van der Waals surface area contributed by atoms with E-state index in [-0.39, 0.29) is 11.7 Å². The predicted molar refractivity (Wildman–Crippen MR) is 139 cm³/mol. The van der Waals surface area contributed by atoms with E-state index in [9.17, 15) is 4.79 Å². The van der Waals surface area contributed by atoms with Crippen LogP contribution >= 0.6 is 23.4 Å². The highest BCUT2D eigenvalue weighted by Gasteiger charge is 2.19. The Balaban J connectivity index is 1.41. The number of nitrogens with zero attached hydrogens (tertiary/aromatic N) is 5. The Hall–Kier alpha value is -2.55. The lowest BCUT2D eigenvalue weighted by Gasteiger charge is -2.26. The number of nitrogens with one attached hydrogen (secondary N) is 1. The highest BCUT2D eigenvalue weighted by molar-refractivity contribution is 7.99. The van der Waals surface area contributed by atoms with Crippen LogP contribution in [0.2, 0.25) is 5.02 Å². The molecule has 180 valence electrons. The summed E-state index contributed by atoms with van der Waals surface area (Å²) in [6, 6.07) is 15.8. The maximum atomic E-state index is 12.6. The molecule has 34 heavy (non-hydrogen) atoms. The smallest absolute Gasteiger partial charge is 0.230 e. The second-order valence-corrected chi connectivity index (χ2v) is 10.1. The van der Waals surface area contributed by atoms with Crippen molar-refractivity contribution in [2.45, 2.75) is 37.5 Å². The molecule has 2 heterocycles. The zero-order valence-electron chi connectivity index (χ0n) is 19.7. The fourth-order valence-corrected chi connectivity index (χ4v) is 4.88. The van der Waals surface area contributed by atoms with E-state index in [0.29, 0.717) is 16.7 Å².